The maximum Gasteiger partial charge on any atom is 0.264 e. The molecule has 1 amide bonds. The summed E-state index contributed by atoms with van der Waals surface area (Å²) >= 11 is 0. The minimum absolute atomic E-state index is 0.0154. The number of hydrogen-bond acceptors (Lipinski definition) is 4. The van der Waals surface area contributed by atoms with Gasteiger partial charge in [0.1, 0.15) is 5.75 Å². The molecule has 0 saturated heterocycles. The second-order valence-electron chi connectivity index (χ2n) is 6.95. The van der Waals surface area contributed by atoms with Crippen molar-refractivity contribution in [3.63, 3.8) is 0 Å². The van der Waals surface area contributed by atoms with Crippen LogP contribution in [0.2, 0.25) is 0 Å². The van der Waals surface area contributed by atoms with E-state index in [4.69, 9.17) is 4.74 Å². The summed E-state index contributed by atoms with van der Waals surface area (Å²) in [4.78, 5) is 12.7. The first kappa shape index (κ1) is 19.0. The third-order valence-corrected chi connectivity index (χ3v) is 6.84. The van der Waals surface area contributed by atoms with Gasteiger partial charge in [0, 0.05) is 7.05 Å². The lowest BCUT2D eigenvalue weighted by Crippen LogP contribution is -2.27. The maximum atomic E-state index is 13.2. The third-order valence-electron chi connectivity index (χ3n) is 5.06. The summed E-state index contributed by atoms with van der Waals surface area (Å²) in [6.07, 6.45) is 0. The van der Waals surface area contributed by atoms with Gasteiger partial charge in [-0.05, 0) is 67.4 Å². The molecule has 148 valence electrons. The summed E-state index contributed by atoms with van der Waals surface area (Å²) in [5.41, 5.74) is 3.33. The number of nitrogens with one attached hydrogen (secondary N) is 1. The molecule has 0 saturated carbocycles. The van der Waals surface area contributed by atoms with Crippen LogP contribution in [0, 0.1) is 13.8 Å². The Hall–Kier alpha value is -3.32. The van der Waals surface area contributed by atoms with Gasteiger partial charge in [0.15, 0.2) is 5.75 Å². The molecule has 0 aromatic heterocycles. The number of para-hydroxylation sites is 2. The van der Waals surface area contributed by atoms with E-state index < -0.39 is 15.9 Å². The number of rotatable bonds is 3. The molecule has 3 aromatic rings. The quantitative estimate of drug-likeness (QED) is 0.693. The van der Waals surface area contributed by atoms with Gasteiger partial charge in [-0.15, -0.1) is 0 Å². The van der Waals surface area contributed by atoms with E-state index in [1.165, 1.54) is 29.6 Å². The number of sulfonamides is 1. The van der Waals surface area contributed by atoms with E-state index in [9.17, 15) is 13.2 Å². The molecule has 0 spiro atoms. The SMILES string of the molecule is Cc1ccc(N(C)S(=O)(=O)c2ccc3c(c2)C(=O)Nc2ccccc2O3)cc1C. The highest BCUT2D eigenvalue weighted by Crippen LogP contribution is 2.36. The first-order valence-electron chi connectivity index (χ1n) is 9.06. The van der Waals surface area contributed by atoms with Gasteiger partial charge in [0.05, 0.1) is 21.8 Å². The Bertz CT molecular complexity index is 1240. The van der Waals surface area contributed by atoms with Gasteiger partial charge >= 0.3 is 0 Å². The van der Waals surface area contributed by atoms with Gasteiger partial charge in [-0.2, -0.15) is 0 Å². The summed E-state index contributed by atoms with van der Waals surface area (Å²) in [6, 6.07) is 16.8. The Labute approximate surface area is 169 Å². The summed E-state index contributed by atoms with van der Waals surface area (Å²) in [7, 11) is -2.36. The van der Waals surface area contributed by atoms with Crippen molar-refractivity contribution in [3.8, 4) is 11.5 Å². The Morgan fingerprint density at radius 2 is 1.66 bits per heavy atom. The first-order valence-corrected chi connectivity index (χ1v) is 10.5. The van der Waals surface area contributed by atoms with Crippen molar-refractivity contribution in [1.29, 1.82) is 0 Å². The molecule has 29 heavy (non-hydrogen) atoms. The van der Waals surface area contributed by atoms with E-state index in [0.29, 0.717) is 22.9 Å². The van der Waals surface area contributed by atoms with E-state index in [1.54, 1.807) is 30.3 Å². The second-order valence-corrected chi connectivity index (χ2v) is 8.92. The van der Waals surface area contributed by atoms with Crippen LogP contribution >= 0.6 is 0 Å². The molecule has 1 aliphatic heterocycles. The van der Waals surface area contributed by atoms with Crippen molar-refractivity contribution in [3.05, 3.63) is 77.4 Å². The van der Waals surface area contributed by atoms with E-state index >= 15 is 0 Å². The maximum absolute atomic E-state index is 13.2. The number of benzene rings is 3. The Morgan fingerprint density at radius 1 is 0.897 bits per heavy atom. The molecule has 1 heterocycles. The molecular formula is C22H20N2O4S. The minimum Gasteiger partial charge on any atom is -0.454 e. The molecule has 0 radical (unpaired) electrons. The molecule has 3 aromatic carbocycles. The number of fused-ring (bicyclic) bond motifs is 2. The summed E-state index contributed by atoms with van der Waals surface area (Å²) in [6.45, 7) is 3.90. The fourth-order valence-corrected chi connectivity index (χ4v) is 4.34. The molecular weight excluding hydrogens is 388 g/mol. The van der Waals surface area contributed by atoms with Crippen molar-refractivity contribution >= 4 is 27.3 Å². The second kappa shape index (κ2) is 6.93. The monoisotopic (exact) mass is 408 g/mol. The van der Waals surface area contributed by atoms with Gasteiger partial charge < -0.3 is 10.1 Å². The lowest BCUT2D eigenvalue weighted by atomic mass is 10.1. The minimum atomic E-state index is -3.86. The fraction of sp³-hybridized carbons (Fsp3) is 0.136. The number of carbonyl (C=O) groups is 1. The van der Waals surface area contributed by atoms with Crippen LogP contribution in [0.4, 0.5) is 11.4 Å². The van der Waals surface area contributed by atoms with Gasteiger partial charge in [-0.25, -0.2) is 8.42 Å². The highest BCUT2D eigenvalue weighted by atomic mass is 32.2. The molecule has 4 rings (SSSR count). The van der Waals surface area contributed by atoms with Gasteiger partial charge in [-0.1, -0.05) is 18.2 Å². The first-order chi connectivity index (χ1) is 13.8. The van der Waals surface area contributed by atoms with Crippen LogP contribution in [0.15, 0.2) is 65.6 Å². The van der Waals surface area contributed by atoms with E-state index in [1.807, 2.05) is 26.0 Å². The van der Waals surface area contributed by atoms with Crippen LogP contribution in [0.25, 0.3) is 0 Å². The zero-order chi connectivity index (χ0) is 20.8. The number of nitrogens with zero attached hydrogens (tertiary/aromatic N) is 1. The van der Waals surface area contributed by atoms with Crippen LogP contribution in [0.5, 0.6) is 11.5 Å². The topological polar surface area (TPSA) is 75.7 Å². The zero-order valence-electron chi connectivity index (χ0n) is 16.3. The van der Waals surface area contributed by atoms with Crippen molar-refractivity contribution in [1.82, 2.24) is 0 Å². The number of anilines is 2. The number of ether oxygens (including phenoxy) is 1. The number of aryl methyl sites for hydroxylation is 2. The van der Waals surface area contributed by atoms with Gasteiger partial charge in [-0.3, -0.25) is 9.10 Å². The molecule has 1 aliphatic rings. The predicted octanol–water partition coefficient (Wildman–Crippen LogP) is 4.49. The van der Waals surface area contributed by atoms with E-state index in [-0.39, 0.29) is 10.5 Å². The van der Waals surface area contributed by atoms with Crippen LogP contribution in [-0.2, 0) is 10.0 Å². The molecule has 0 atom stereocenters. The number of amides is 1. The molecule has 0 unspecified atom stereocenters. The van der Waals surface area contributed by atoms with E-state index in [2.05, 4.69) is 5.32 Å². The van der Waals surface area contributed by atoms with E-state index in [0.717, 1.165) is 11.1 Å². The van der Waals surface area contributed by atoms with Crippen molar-refractivity contribution < 1.29 is 17.9 Å². The van der Waals surface area contributed by atoms with Crippen molar-refractivity contribution in [2.75, 3.05) is 16.7 Å². The predicted molar refractivity (Wildman–Crippen MR) is 112 cm³/mol. The lowest BCUT2D eigenvalue weighted by Gasteiger charge is -2.21. The summed E-state index contributed by atoms with van der Waals surface area (Å²) in [5, 5.41) is 2.76. The smallest absolute Gasteiger partial charge is 0.264 e. The van der Waals surface area contributed by atoms with Gasteiger partial charge in [0.25, 0.3) is 15.9 Å². The van der Waals surface area contributed by atoms with Crippen LogP contribution in [0.3, 0.4) is 0 Å². The molecule has 1 N–H and O–H groups in total. The molecule has 0 bridgehead atoms. The lowest BCUT2D eigenvalue weighted by molar-refractivity contribution is 0.102. The van der Waals surface area contributed by atoms with Crippen LogP contribution in [-0.4, -0.2) is 21.4 Å². The summed E-state index contributed by atoms with van der Waals surface area (Å²) in [5.74, 6) is 0.388. The third kappa shape index (κ3) is 3.34. The standard InChI is InChI=1S/C22H20N2O4S/c1-14-8-9-16(12-15(14)2)24(3)29(26,27)17-10-11-20-18(13-17)22(25)23-19-6-4-5-7-21(19)28-20/h4-13H,1-3H3,(H,23,25). The van der Waals surface area contributed by atoms with Gasteiger partial charge in [0.2, 0.25) is 0 Å². The molecule has 6 nitrogen and oxygen atoms in total. The average Bonchev–Trinajstić information content (AvgIpc) is 2.84. The Morgan fingerprint density at radius 3 is 2.41 bits per heavy atom. The molecule has 7 heteroatoms. The normalized spacial score (nSPS) is 12.9. The number of hydrogen-bond donors (Lipinski definition) is 1. The fourth-order valence-electron chi connectivity index (χ4n) is 3.12. The zero-order valence-corrected chi connectivity index (χ0v) is 17.1. The average molecular weight is 408 g/mol. The molecule has 0 fully saturated rings. The Balaban J connectivity index is 1.74. The van der Waals surface area contributed by atoms with Crippen LogP contribution in [0.1, 0.15) is 21.5 Å². The molecule has 0 aliphatic carbocycles. The summed E-state index contributed by atoms with van der Waals surface area (Å²) < 4.78 is 33.4. The Kier molecular flexibility index (Phi) is 4.55. The highest BCUT2D eigenvalue weighted by Gasteiger charge is 2.27. The largest absolute Gasteiger partial charge is 0.454 e. The van der Waals surface area contributed by atoms with Crippen molar-refractivity contribution in [2.24, 2.45) is 0 Å². The van der Waals surface area contributed by atoms with Crippen molar-refractivity contribution in [2.45, 2.75) is 18.7 Å². The number of carbonyl (C=O) groups excluding carboxylic acids is 1. The van der Waals surface area contributed by atoms with Crippen LogP contribution < -0.4 is 14.4 Å². The highest BCUT2D eigenvalue weighted by molar-refractivity contribution is 7.92.